The van der Waals surface area contributed by atoms with Crippen LogP contribution < -0.4 is 20.7 Å². The molecule has 1 aromatic carbocycles. The van der Waals surface area contributed by atoms with E-state index in [-0.39, 0.29) is 0 Å². The van der Waals surface area contributed by atoms with Gasteiger partial charge in [-0.15, -0.1) is 0 Å². The molecule has 2 rings (SSSR count). The number of aromatic nitrogens is 1. The molecule has 0 aliphatic carbocycles. The minimum atomic E-state index is 0.360. The van der Waals surface area contributed by atoms with Gasteiger partial charge in [-0.3, -0.25) is 0 Å². The van der Waals surface area contributed by atoms with Crippen molar-refractivity contribution in [1.29, 1.82) is 0 Å². The number of hydrogen-bond acceptors (Lipinski definition) is 4. The van der Waals surface area contributed by atoms with Crippen LogP contribution in [0.2, 0.25) is 0 Å². The van der Waals surface area contributed by atoms with Gasteiger partial charge in [0, 0.05) is 31.5 Å². The number of benzene rings is 1. The Morgan fingerprint density at radius 1 is 1.27 bits per heavy atom. The van der Waals surface area contributed by atoms with Gasteiger partial charge in [0.05, 0.1) is 13.7 Å². The Morgan fingerprint density at radius 2 is 2.00 bits per heavy atom. The second-order valence-corrected chi connectivity index (χ2v) is 4.94. The molecule has 3 N–H and O–H groups in total. The summed E-state index contributed by atoms with van der Waals surface area (Å²) in [6.45, 7) is 0.469. The van der Waals surface area contributed by atoms with E-state index >= 15 is 0 Å². The third kappa shape index (κ3) is 4.12. The quantitative estimate of drug-likeness (QED) is 0.653. The van der Waals surface area contributed by atoms with Gasteiger partial charge in [0.25, 0.3) is 0 Å². The number of pyridine rings is 1. The molecule has 0 atom stereocenters. The topological polar surface area (TPSA) is 75.8 Å². The van der Waals surface area contributed by atoms with Crippen LogP contribution in [-0.2, 0) is 6.54 Å². The van der Waals surface area contributed by atoms with Gasteiger partial charge in [-0.05, 0) is 30.3 Å². The summed E-state index contributed by atoms with van der Waals surface area (Å²) in [6, 6.07) is 11.4. The largest absolute Gasteiger partial charge is 0.497 e. The van der Waals surface area contributed by atoms with Gasteiger partial charge in [0.2, 0.25) is 0 Å². The van der Waals surface area contributed by atoms with E-state index in [1.165, 1.54) is 0 Å². The van der Waals surface area contributed by atoms with Gasteiger partial charge in [0.1, 0.15) is 11.6 Å². The fourth-order valence-electron chi connectivity index (χ4n) is 1.99. The second-order valence-electron chi connectivity index (χ2n) is 4.94. The number of ether oxygens (including phenoxy) is 1. The summed E-state index contributed by atoms with van der Waals surface area (Å²) in [5, 5.41) is 3.05. The zero-order valence-corrected chi connectivity index (χ0v) is 13.1. The van der Waals surface area contributed by atoms with Crippen LogP contribution in [0, 0.1) is 0 Å². The Morgan fingerprint density at radius 3 is 2.64 bits per heavy atom. The highest BCUT2D eigenvalue weighted by Gasteiger charge is 2.04. The Labute approximate surface area is 130 Å². The molecule has 22 heavy (non-hydrogen) atoms. The first-order valence-corrected chi connectivity index (χ1v) is 6.92. The van der Waals surface area contributed by atoms with Crippen LogP contribution in [0.5, 0.6) is 5.75 Å². The van der Waals surface area contributed by atoms with Crippen LogP contribution in [0.4, 0.5) is 11.5 Å². The van der Waals surface area contributed by atoms with Crippen molar-refractivity contribution in [3.63, 3.8) is 0 Å². The summed E-state index contributed by atoms with van der Waals surface area (Å²) in [5.74, 6) is 2.05. The Hall–Kier alpha value is -2.76. The number of nitrogens with one attached hydrogen (secondary N) is 1. The fraction of sp³-hybridized carbons (Fsp3) is 0.250. The summed E-state index contributed by atoms with van der Waals surface area (Å²) in [7, 11) is 5.54. The molecule has 0 radical (unpaired) electrons. The standard InChI is InChI=1S/C16H21N5O/c1-21(2)15-12(5-4-10-18-15)11-19-16(17)20-13-6-8-14(22-3)9-7-13/h4-10H,11H2,1-3H3,(H3,17,19,20). The molecule has 0 amide bonds. The number of nitrogens with two attached hydrogens (primary N) is 1. The maximum absolute atomic E-state index is 5.92. The van der Waals surface area contributed by atoms with E-state index in [0.717, 1.165) is 22.8 Å². The molecule has 0 aliphatic heterocycles. The molecule has 6 heteroatoms. The van der Waals surface area contributed by atoms with Crippen molar-refractivity contribution in [1.82, 2.24) is 4.98 Å². The lowest BCUT2D eigenvalue weighted by Gasteiger charge is -2.14. The Bertz CT molecular complexity index is 637. The first kappa shape index (κ1) is 15.6. The zero-order valence-electron chi connectivity index (χ0n) is 13.1. The van der Waals surface area contributed by atoms with E-state index in [9.17, 15) is 0 Å². The lowest BCUT2D eigenvalue weighted by Crippen LogP contribution is -2.22. The molecule has 0 bridgehead atoms. The number of anilines is 2. The van der Waals surface area contributed by atoms with E-state index in [1.54, 1.807) is 13.3 Å². The fourth-order valence-corrected chi connectivity index (χ4v) is 1.99. The summed E-state index contributed by atoms with van der Waals surface area (Å²) >= 11 is 0. The number of methoxy groups -OCH3 is 1. The van der Waals surface area contributed by atoms with Crippen LogP contribution in [0.3, 0.4) is 0 Å². The smallest absolute Gasteiger partial charge is 0.193 e. The highest BCUT2D eigenvalue weighted by Crippen LogP contribution is 2.16. The first-order valence-electron chi connectivity index (χ1n) is 6.92. The monoisotopic (exact) mass is 299 g/mol. The van der Waals surface area contributed by atoms with Gasteiger partial charge in [-0.1, -0.05) is 6.07 Å². The van der Waals surface area contributed by atoms with Crippen molar-refractivity contribution < 1.29 is 4.74 Å². The van der Waals surface area contributed by atoms with Gasteiger partial charge >= 0.3 is 0 Å². The highest BCUT2D eigenvalue weighted by atomic mass is 16.5. The van der Waals surface area contributed by atoms with E-state index in [1.807, 2.05) is 55.4 Å². The van der Waals surface area contributed by atoms with Crippen LogP contribution >= 0.6 is 0 Å². The molecule has 1 aromatic heterocycles. The first-order chi connectivity index (χ1) is 10.6. The van der Waals surface area contributed by atoms with Crippen LogP contribution in [0.1, 0.15) is 5.56 Å². The summed E-state index contributed by atoms with van der Waals surface area (Å²) in [6.07, 6.45) is 1.77. The van der Waals surface area contributed by atoms with Crippen LogP contribution in [0.15, 0.2) is 47.6 Å². The van der Waals surface area contributed by atoms with Gasteiger partial charge in [-0.2, -0.15) is 0 Å². The number of hydrogen-bond donors (Lipinski definition) is 2. The van der Waals surface area contributed by atoms with Crippen molar-refractivity contribution in [2.24, 2.45) is 10.7 Å². The molecule has 0 saturated carbocycles. The molecule has 0 saturated heterocycles. The molecular weight excluding hydrogens is 278 g/mol. The number of nitrogens with zero attached hydrogens (tertiary/aromatic N) is 3. The van der Waals surface area contributed by atoms with E-state index in [4.69, 9.17) is 10.5 Å². The minimum absolute atomic E-state index is 0.360. The molecule has 0 aliphatic rings. The second kappa shape index (κ2) is 7.31. The normalized spacial score (nSPS) is 11.1. The maximum atomic E-state index is 5.92. The molecule has 2 aromatic rings. The van der Waals surface area contributed by atoms with E-state index in [0.29, 0.717) is 12.5 Å². The van der Waals surface area contributed by atoms with Crippen molar-refractivity contribution in [3.8, 4) is 5.75 Å². The Balaban J connectivity index is 2.03. The molecule has 6 nitrogen and oxygen atoms in total. The van der Waals surface area contributed by atoms with Gasteiger partial charge in [0.15, 0.2) is 5.96 Å². The predicted molar refractivity (Wildman–Crippen MR) is 90.5 cm³/mol. The minimum Gasteiger partial charge on any atom is -0.497 e. The molecular formula is C16H21N5O. The van der Waals surface area contributed by atoms with Crippen molar-refractivity contribution in [2.75, 3.05) is 31.4 Å². The van der Waals surface area contributed by atoms with Gasteiger partial charge < -0.3 is 20.7 Å². The molecule has 1 heterocycles. The third-order valence-electron chi connectivity index (χ3n) is 3.07. The van der Waals surface area contributed by atoms with Crippen LogP contribution in [0.25, 0.3) is 0 Å². The number of guanidine groups is 1. The number of rotatable bonds is 5. The highest BCUT2D eigenvalue weighted by molar-refractivity contribution is 5.92. The SMILES string of the molecule is COc1ccc(NC(N)=NCc2cccnc2N(C)C)cc1. The predicted octanol–water partition coefficient (Wildman–Crippen LogP) is 2.08. The van der Waals surface area contributed by atoms with E-state index in [2.05, 4.69) is 15.3 Å². The van der Waals surface area contributed by atoms with Crippen molar-refractivity contribution in [3.05, 3.63) is 48.2 Å². The zero-order chi connectivity index (χ0) is 15.9. The maximum Gasteiger partial charge on any atom is 0.193 e. The van der Waals surface area contributed by atoms with E-state index < -0.39 is 0 Å². The summed E-state index contributed by atoms with van der Waals surface area (Å²) in [4.78, 5) is 10.7. The van der Waals surface area contributed by atoms with Gasteiger partial charge in [-0.25, -0.2) is 9.98 Å². The van der Waals surface area contributed by atoms with Crippen LogP contribution in [-0.4, -0.2) is 32.1 Å². The Kier molecular flexibility index (Phi) is 5.19. The lowest BCUT2D eigenvalue weighted by molar-refractivity contribution is 0.415. The third-order valence-corrected chi connectivity index (χ3v) is 3.07. The molecule has 0 spiro atoms. The summed E-state index contributed by atoms with van der Waals surface area (Å²) < 4.78 is 5.11. The average Bonchev–Trinajstić information content (AvgIpc) is 2.54. The number of aliphatic imine (C=N–C) groups is 1. The molecule has 0 unspecified atom stereocenters. The lowest BCUT2D eigenvalue weighted by atomic mass is 10.2. The molecule has 0 fully saturated rings. The summed E-state index contributed by atoms with van der Waals surface area (Å²) in [5.41, 5.74) is 7.81. The average molecular weight is 299 g/mol. The van der Waals surface area contributed by atoms with Crippen molar-refractivity contribution >= 4 is 17.5 Å². The van der Waals surface area contributed by atoms with Crippen molar-refractivity contribution in [2.45, 2.75) is 6.54 Å². The molecule has 116 valence electrons.